The molecule has 1 fully saturated rings. The lowest BCUT2D eigenvalue weighted by Crippen LogP contribution is -2.22. The van der Waals surface area contributed by atoms with Crippen LogP contribution in [0.2, 0.25) is 0 Å². The smallest absolute Gasteiger partial charge is 0.131 e. The van der Waals surface area contributed by atoms with Crippen molar-refractivity contribution in [1.82, 2.24) is 15.3 Å². The fourth-order valence-corrected chi connectivity index (χ4v) is 2.20. The summed E-state index contributed by atoms with van der Waals surface area (Å²) in [6, 6.07) is 2.51. The van der Waals surface area contributed by atoms with Crippen LogP contribution in [0.1, 0.15) is 57.0 Å². The summed E-state index contributed by atoms with van der Waals surface area (Å²) in [5.41, 5.74) is 1.12. The second-order valence-electron chi connectivity index (χ2n) is 4.92. The summed E-state index contributed by atoms with van der Waals surface area (Å²) < 4.78 is 0. The third-order valence-electron chi connectivity index (χ3n) is 3.14. The normalized spacial score (nSPS) is 17.2. The Hall–Kier alpha value is -0.960. The minimum Gasteiger partial charge on any atom is -0.309 e. The predicted molar refractivity (Wildman–Crippen MR) is 65.2 cm³/mol. The number of nitrogens with zero attached hydrogens (tertiary/aromatic N) is 2. The van der Waals surface area contributed by atoms with Gasteiger partial charge in [-0.05, 0) is 18.9 Å². The summed E-state index contributed by atoms with van der Waals surface area (Å²) in [6.45, 7) is 5.15. The molecule has 2 rings (SSSR count). The Kier molecular flexibility index (Phi) is 3.88. The summed E-state index contributed by atoms with van der Waals surface area (Å²) >= 11 is 0. The second-order valence-corrected chi connectivity index (χ2v) is 4.92. The molecule has 0 saturated heterocycles. The first-order valence-electron chi connectivity index (χ1n) is 6.31. The minimum absolute atomic E-state index is 0.505. The number of rotatable bonds is 4. The van der Waals surface area contributed by atoms with Crippen molar-refractivity contribution in [2.24, 2.45) is 0 Å². The largest absolute Gasteiger partial charge is 0.309 e. The van der Waals surface area contributed by atoms with Crippen molar-refractivity contribution < 1.29 is 0 Å². The topological polar surface area (TPSA) is 37.8 Å². The Morgan fingerprint density at radius 1 is 1.38 bits per heavy atom. The monoisotopic (exact) mass is 219 g/mol. The fraction of sp³-hybridized carbons (Fsp3) is 0.692. The van der Waals surface area contributed by atoms with E-state index >= 15 is 0 Å². The van der Waals surface area contributed by atoms with E-state index in [1.54, 1.807) is 0 Å². The lowest BCUT2D eigenvalue weighted by atomic mass is 10.1. The summed E-state index contributed by atoms with van der Waals surface area (Å²) in [5, 5.41) is 3.39. The average Bonchev–Trinajstić information content (AvgIpc) is 2.80. The highest BCUT2D eigenvalue weighted by Crippen LogP contribution is 2.31. The molecule has 0 unspecified atom stereocenters. The van der Waals surface area contributed by atoms with Crippen LogP contribution in [0, 0.1) is 0 Å². The van der Waals surface area contributed by atoms with Gasteiger partial charge in [0.2, 0.25) is 0 Å². The first-order valence-corrected chi connectivity index (χ1v) is 6.31. The van der Waals surface area contributed by atoms with Crippen molar-refractivity contribution in [3.63, 3.8) is 0 Å². The zero-order valence-corrected chi connectivity index (χ0v) is 10.2. The van der Waals surface area contributed by atoms with E-state index in [-0.39, 0.29) is 0 Å². The van der Waals surface area contributed by atoms with E-state index in [1.165, 1.54) is 25.7 Å². The van der Waals surface area contributed by atoms with Crippen molar-refractivity contribution in [2.45, 2.75) is 58.0 Å². The summed E-state index contributed by atoms with van der Waals surface area (Å²) in [7, 11) is 0. The molecule has 3 heteroatoms. The molecule has 0 aliphatic heterocycles. The van der Waals surface area contributed by atoms with E-state index in [2.05, 4.69) is 29.1 Å². The van der Waals surface area contributed by atoms with Crippen molar-refractivity contribution in [2.75, 3.05) is 0 Å². The molecule has 1 heterocycles. The Morgan fingerprint density at radius 3 is 2.81 bits per heavy atom. The van der Waals surface area contributed by atoms with Crippen molar-refractivity contribution in [3.05, 3.63) is 23.8 Å². The molecule has 3 nitrogen and oxygen atoms in total. The molecule has 1 aliphatic rings. The highest BCUT2D eigenvalue weighted by molar-refractivity contribution is 5.06. The lowest BCUT2D eigenvalue weighted by Gasteiger charge is -2.10. The van der Waals surface area contributed by atoms with Crippen LogP contribution in [0.3, 0.4) is 0 Å². The maximum atomic E-state index is 4.65. The van der Waals surface area contributed by atoms with Gasteiger partial charge in [0, 0.05) is 24.7 Å². The van der Waals surface area contributed by atoms with Gasteiger partial charge < -0.3 is 5.32 Å². The summed E-state index contributed by atoms with van der Waals surface area (Å²) in [5.74, 6) is 1.67. The molecule has 0 atom stereocenters. The highest BCUT2D eigenvalue weighted by Gasteiger charge is 2.19. The van der Waals surface area contributed by atoms with Crippen LogP contribution in [-0.4, -0.2) is 16.0 Å². The molecule has 0 amide bonds. The third-order valence-corrected chi connectivity index (χ3v) is 3.14. The molecular weight excluding hydrogens is 198 g/mol. The SMILES string of the molecule is CC(C)NCc1ccnc(C2CCCC2)n1. The van der Waals surface area contributed by atoms with Gasteiger partial charge in [0.1, 0.15) is 5.82 Å². The Morgan fingerprint density at radius 2 is 2.12 bits per heavy atom. The van der Waals surface area contributed by atoms with Crippen molar-refractivity contribution >= 4 is 0 Å². The zero-order valence-electron chi connectivity index (χ0n) is 10.2. The average molecular weight is 219 g/mol. The van der Waals surface area contributed by atoms with Gasteiger partial charge >= 0.3 is 0 Å². The number of nitrogens with one attached hydrogen (secondary N) is 1. The zero-order chi connectivity index (χ0) is 11.4. The van der Waals surface area contributed by atoms with E-state index in [4.69, 9.17) is 0 Å². The lowest BCUT2D eigenvalue weighted by molar-refractivity contribution is 0.573. The van der Waals surface area contributed by atoms with Crippen LogP contribution in [0.4, 0.5) is 0 Å². The van der Waals surface area contributed by atoms with E-state index in [9.17, 15) is 0 Å². The molecule has 0 radical (unpaired) electrons. The van der Waals surface area contributed by atoms with Crippen LogP contribution in [0.15, 0.2) is 12.3 Å². The third kappa shape index (κ3) is 3.01. The molecule has 0 bridgehead atoms. The molecule has 1 saturated carbocycles. The van der Waals surface area contributed by atoms with Crippen LogP contribution in [0.25, 0.3) is 0 Å². The molecule has 1 aromatic rings. The van der Waals surface area contributed by atoms with E-state index in [1.807, 2.05) is 12.3 Å². The number of hydrogen-bond acceptors (Lipinski definition) is 3. The molecule has 16 heavy (non-hydrogen) atoms. The van der Waals surface area contributed by atoms with Gasteiger partial charge in [0.25, 0.3) is 0 Å². The minimum atomic E-state index is 0.505. The number of hydrogen-bond donors (Lipinski definition) is 1. The van der Waals surface area contributed by atoms with E-state index in [0.29, 0.717) is 12.0 Å². The fourth-order valence-electron chi connectivity index (χ4n) is 2.20. The van der Waals surface area contributed by atoms with Crippen LogP contribution >= 0.6 is 0 Å². The molecule has 1 aromatic heterocycles. The van der Waals surface area contributed by atoms with E-state index < -0.39 is 0 Å². The maximum Gasteiger partial charge on any atom is 0.131 e. The Labute approximate surface area is 97.7 Å². The van der Waals surface area contributed by atoms with Gasteiger partial charge in [0.15, 0.2) is 0 Å². The van der Waals surface area contributed by atoms with Crippen molar-refractivity contribution in [1.29, 1.82) is 0 Å². The first-order chi connectivity index (χ1) is 7.75. The van der Waals surface area contributed by atoms with Crippen molar-refractivity contribution in [3.8, 4) is 0 Å². The number of aromatic nitrogens is 2. The molecule has 1 N–H and O–H groups in total. The Bertz CT molecular complexity index is 330. The van der Waals surface area contributed by atoms with E-state index in [0.717, 1.165) is 18.1 Å². The standard InChI is InChI=1S/C13H21N3/c1-10(2)15-9-12-7-8-14-13(16-12)11-5-3-4-6-11/h7-8,10-11,15H,3-6,9H2,1-2H3. The van der Waals surface area contributed by atoms with Gasteiger partial charge in [0.05, 0.1) is 5.69 Å². The van der Waals surface area contributed by atoms with Gasteiger partial charge in [-0.3, -0.25) is 0 Å². The van der Waals surface area contributed by atoms with Crippen LogP contribution in [-0.2, 0) is 6.54 Å². The summed E-state index contributed by atoms with van der Waals surface area (Å²) in [4.78, 5) is 9.06. The molecule has 0 spiro atoms. The molecule has 0 aromatic carbocycles. The van der Waals surface area contributed by atoms with Gasteiger partial charge in [-0.1, -0.05) is 26.7 Å². The second kappa shape index (κ2) is 5.39. The van der Waals surface area contributed by atoms with Gasteiger partial charge in [-0.25, -0.2) is 9.97 Å². The molecule has 88 valence electrons. The molecular formula is C13H21N3. The highest BCUT2D eigenvalue weighted by atomic mass is 14.9. The predicted octanol–water partition coefficient (Wildman–Crippen LogP) is 2.63. The van der Waals surface area contributed by atoms with Crippen LogP contribution < -0.4 is 5.32 Å². The van der Waals surface area contributed by atoms with Gasteiger partial charge in [-0.15, -0.1) is 0 Å². The van der Waals surface area contributed by atoms with Crippen LogP contribution in [0.5, 0.6) is 0 Å². The quantitative estimate of drug-likeness (QED) is 0.846. The first kappa shape index (κ1) is 11.5. The molecule has 1 aliphatic carbocycles. The Balaban J connectivity index is 2.01. The summed E-state index contributed by atoms with van der Waals surface area (Å²) in [6.07, 6.45) is 7.10. The van der Waals surface area contributed by atoms with Gasteiger partial charge in [-0.2, -0.15) is 0 Å². The maximum absolute atomic E-state index is 4.65.